The highest BCUT2D eigenvalue weighted by Gasteiger charge is 2.26. The smallest absolute Gasteiger partial charge is 0.248 e. The number of nitrogens with zero attached hydrogens (tertiary/aromatic N) is 1. The Labute approximate surface area is 106 Å². The number of pyridine rings is 2. The van der Waals surface area contributed by atoms with Gasteiger partial charge < -0.3 is 4.98 Å². The van der Waals surface area contributed by atoms with Gasteiger partial charge in [0.05, 0.1) is 0 Å². The third-order valence-electron chi connectivity index (χ3n) is 3.76. The Morgan fingerprint density at radius 3 is 2.83 bits per heavy atom. The van der Waals surface area contributed by atoms with Gasteiger partial charge in [0.25, 0.3) is 0 Å². The molecule has 3 heteroatoms. The molecule has 1 aliphatic rings. The van der Waals surface area contributed by atoms with Crippen LogP contribution in [0, 0.1) is 0 Å². The predicted octanol–water partition coefficient (Wildman–Crippen LogP) is 3.05. The van der Waals surface area contributed by atoms with Gasteiger partial charge in [-0.25, -0.2) is 0 Å². The summed E-state index contributed by atoms with van der Waals surface area (Å²) in [6, 6.07) is 5.71. The maximum atomic E-state index is 11.3. The first-order chi connectivity index (χ1) is 8.65. The number of aromatic amines is 1. The average molecular weight is 240 g/mol. The van der Waals surface area contributed by atoms with Crippen LogP contribution in [0.4, 0.5) is 0 Å². The van der Waals surface area contributed by atoms with Crippen LogP contribution in [0.2, 0.25) is 0 Å². The molecule has 2 unspecified atom stereocenters. The maximum absolute atomic E-state index is 11.3. The van der Waals surface area contributed by atoms with E-state index in [9.17, 15) is 4.79 Å². The van der Waals surface area contributed by atoms with Gasteiger partial charge >= 0.3 is 0 Å². The van der Waals surface area contributed by atoms with Gasteiger partial charge in [-0.15, -0.1) is 0 Å². The van der Waals surface area contributed by atoms with Crippen molar-refractivity contribution < 1.29 is 0 Å². The number of H-pyrrole nitrogens is 1. The van der Waals surface area contributed by atoms with Crippen LogP contribution in [-0.2, 0) is 0 Å². The normalized spacial score (nSPS) is 21.9. The van der Waals surface area contributed by atoms with E-state index < -0.39 is 0 Å². The molecular formula is C15H16N2O. The zero-order chi connectivity index (χ0) is 12.7. The van der Waals surface area contributed by atoms with Crippen molar-refractivity contribution in [3.8, 4) is 11.1 Å². The van der Waals surface area contributed by atoms with Crippen LogP contribution in [0.1, 0.15) is 43.4 Å². The molecule has 0 bridgehead atoms. The molecule has 2 aromatic rings. The quantitative estimate of drug-likeness (QED) is 0.832. The first-order valence-corrected chi connectivity index (χ1v) is 6.34. The van der Waals surface area contributed by atoms with Crippen molar-refractivity contribution in [3.63, 3.8) is 0 Å². The second-order valence-electron chi connectivity index (χ2n) is 5.18. The first kappa shape index (κ1) is 11.2. The monoisotopic (exact) mass is 240 g/mol. The Kier molecular flexibility index (Phi) is 2.54. The van der Waals surface area contributed by atoms with Gasteiger partial charge in [-0.3, -0.25) is 9.78 Å². The zero-order valence-corrected chi connectivity index (χ0v) is 10.6. The van der Waals surface area contributed by atoms with Crippen LogP contribution >= 0.6 is 0 Å². The lowest BCUT2D eigenvalue weighted by atomic mass is 10.0. The second-order valence-corrected chi connectivity index (χ2v) is 5.18. The van der Waals surface area contributed by atoms with E-state index in [1.807, 2.05) is 12.3 Å². The van der Waals surface area contributed by atoms with E-state index in [1.165, 1.54) is 17.7 Å². The molecule has 0 fully saturated rings. The second kappa shape index (κ2) is 4.09. The molecule has 3 nitrogen and oxygen atoms in total. The molecule has 2 heterocycles. The fraction of sp³-hybridized carbons (Fsp3) is 0.333. The summed E-state index contributed by atoms with van der Waals surface area (Å²) in [5.74, 6) is 1.10. The summed E-state index contributed by atoms with van der Waals surface area (Å²) >= 11 is 0. The van der Waals surface area contributed by atoms with E-state index in [-0.39, 0.29) is 5.56 Å². The molecule has 0 radical (unpaired) electrons. The number of aromatic nitrogens is 2. The maximum Gasteiger partial charge on any atom is 0.248 e. The Morgan fingerprint density at radius 1 is 1.22 bits per heavy atom. The molecule has 0 amide bonds. The highest BCUT2D eigenvalue weighted by atomic mass is 16.1. The van der Waals surface area contributed by atoms with Crippen molar-refractivity contribution in [2.75, 3.05) is 0 Å². The number of hydrogen-bond donors (Lipinski definition) is 1. The molecule has 0 saturated carbocycles. The highest BCUT2D eigenvalue weighted by molar-refractivity contribution is 5.63. The highest BCUT2D eigenvalue weighted by Crippen LogP contribution is 2.41. The van der Waals surface area contributed by atoms with Gasteiger partial charge in [0, 0.05) is 29.7 Å². The summed E-state index contributed by atoms with van der Waals surface area (Å²) in [7, 11) is 0. The zero-order valence-electron chi connectivity index (χ0n) is 10.6. The van der Waals surface area contributed by atoms with Gasteiger partial charge in [-0.2, -0.15) is 0 Å². The molecule has 0 spiro atoms. The summed E-state index contributed by atoms with van der Waals surface area (Å²) in [5.41, 5.74) is 4.44. The van der Waals surface area contributed by atoms with E-state index in [0.29, 0.717) is 11.8 Å². The van der Waals surface area contributed by atoms with Gasteiger partial charge in [-0.1, -0.05) is 13.8 Å². The Morgan fingerprint density at radius 2 is 2.06 bits per heavy atom. The van der Waals surface area contributed by atoms with Gasteiger partial charge in [0.2, 0.25) is 5.56 Å². The van der Waals surface area contributed by atoms with Crippen molar-refractivity contribution in [2.24, 2.45) is 0 Å². The molecule has 3 rings (SSSR count). The van der Waals surface area contributed by atoms with E-state index in [4.69, 9.17) is 0 Å². The van der Waals surface area contributed by atoms with Crippen LogP contribution < -0.4 is 5.56 Å². The Bertz CT molecular complexity index is 645. The average Bonchev–Trinajstić information content (AvgIpc) is 2.65. The Balaban J connectivity index is 2.11. The fourth-order valence-corrected chi connectivity index (χ4v) is 2.85. The summed E-state index contributed by atoms with van der Waals surface area (Å²) in [4.78, 5) is 18.6. The SMILES string of the molecule is CC1CC(C)c2ncc(-c3cc[nH]c(=O)c3)cc21. The molecule has 1 N–H and O–H groups in total. The fourth-order valence-electron chi connectivity index (χ4n) is 2.85. The molecule has 0 saturated heterocycles. The van der Waals surface area contributed by atoms with Crippen LogP contribution in [0.3, 0.4) is 0 Å². The van der Waals surface area contributed by atoms with Crippen molar-refractivity contribution >= 4 is 0 Å². The standard InChI is InChI=1S/C15H16N2O/c1-9-5-10(2)15-13(9)6-12(8-17-15)11-3-4-16-14(18)7-11/h3-4,6-10H,5H2,1-2H3,(H,16,18). The number of rotatable bonds is 1. The van der Waals surface area contributed by atoms with Crippen LogP contribution in [-0.4, -0.2) is 9.97 Å². The van der Waals surface area contributed by atoms with Gasteiger partial charge in [-0.05, 0) is 41.5 Å². The summed E-state index contributed by atoms with van der Waals surface area (Å²) in [6.45, 7) is 4.47. The van der Waals surface area contributed by atoms with Gasteiger partial charge in [0.1, 0.15) is 0 Å². The minimum absolute atomic E-state index is 0.0746. The van der Waals surface area contributed by atoms with Crippen molar-refractivity contribution in [1.82, 2.24) is 9.97 Å². The molecule has 0 aromatic carbocycles. The molecule has 1 aliphatic carbocycles. The Hall–Kier alpha value is -1.90. The first-order valence-electron chi connectivity index (χ1n) is 6.34. The van der Waals surface area contributed by atoms with E-state index in [2.05, 4.69) is 29.9 Å². The van der Waals surface area contributed by atoms with Crippen LogP contribution in [0.5, 0.6) is 0 Å². The molecular weight excluding hydrogens is 224 g/mol. The molecule has 2 atom stereocenters. The molecule has 0 aliphatic heterocycles. The third kappa shape index (κ3) is 1.76. The largest absolute Gasteiger partial charge is 0.329 e. The lowest BCUT2D eigenvalue weighted by Gasteiger charge is -2.07. The summed E-state index contributed by atoms with van der Waals surface area (Å²) in [6.07, 6.45) is 4.72. The topological polar surface area (TPSA) is 45.8 Å². The molecule has 2 aromatic heterocycles. The lowest BCUT2D eigenvalue weighted by Crippen LogP contribution is -2.02. The van der Waals surface area contributed by atoms with Crippen molar-refractivity contribution in [1.29, 1.82) is 0 Å². The minimum Gasteiger partial charge on any atom is -0.329 e. The number of hydrogen-bond acceptors (Lipinski definition) is 2. The number of fused-ring (bicyclic) bond motifs is 1. The third-order valence-corrected chi connectivity index (χ3v) is 3.76. The van der Waals surface area contributed by atoms with E-state index in [0.717, 1.165) is 11.1 Å². The molecule has 18 heavy (non-hydrogen) atoms. The summed E-state index contributed by atoms with van der Waals surface area (Å²) < 4.78 is 0. The minimum atomic E-state index is -0.0746. The van der Waals surface area contributed by atoms with Crippen LogP contribution in [0.25, 0.3) is 11.1 Å². The van der Waals surface area contributed by atoms with E-state index >= 15 is 0 Å². The summed E-state index contributed by atoms with van der Waals surface area (Å²) in [5, 5.41) is 0. The van der Waals surface area contributed by atoms with E-state index in [1.54, 1.807) is 12.3 Å². The van der Waals surface area contributed by atoms with Crippen LogP contribution in [0.15, 0.2) is 35.4 Å². The number of nitrogens with one attached hydrogen (secondary N) is 1. The van der Waals surface area contributed by atoms with Gasteiger partial charge in [0.15, 0.2) is 0 Å². The van der Waals surface area contributed by atoms with Crippen molar-refractivity contribution in [2.45, 2.75) is 32.1 Å². The lowest BCUT2D eigenvalue weighted by molar-refractivity contribution is 0.655. The predicted molar refractivity (Wildman–Crippen MR) is 71.7 cm³/mol. The molecule has 92 valence electrons. The van der Waals surface area contributed by atoms with Crippen molar-refractivity contribution in [3.05, 3.63) is 52.2 Å².